The SMILES string of the molecule is Cc1ccc(-c2csc(NC(C)C)n2)c(=O)n1C. The topological polar surface area (TPSA) is 46.9 Å². The highest BCUT2D eigenvalue weighted by Crippen LogP contribution is 2.23. The molecule has 1 N–H and O–H groups in total. The van der Waals surface area contributed by atoms with Gasteiger partial charge in [-0.1, -0.05) is 0 Å². The molecule has 2 heterocycles. The summed E-state index contributed by atoms with van der Waals surface area (Å²) in [5.74, 6) is 0. The Kier molecular flexibility index (Phi) is 3.52. The first-order chi connectivity index (χ1) is 8.49. The van der Waals surface area contributed by atoms with Crippen LogP contribution in [0.1, 0.15) is 19.5 Å². The quantitative estimate of drug-likeness (QED) is 0.926. The number of hydrogen-bond donors (Lipinski definition) is 1. The number of anilines is 1. The van der Waals surface area contributed by atoms with Gasteiger partial charge in [-0.3, -0.25) is 4.79 Å². The van der Waals surface area contributed by atoms with Crippen molar-refractivity contribution in [2.75, 3.05) is 5.32 Å². The Balaban J connectivity index is 2.41. The van der Waals surface area contributed by atoms with Crippen molar-refractivity contribution < 1.29 is 0 Å². The molecule has 0 amide bonds. The molecular formula is C13H17N3OS. The van der Waals surface area contributed by atoms with Crippen LogP contribution < -0.4 is 10.9 Å². The van der Waals surface area contributed by atoms with Crippen LogP contribution in [0.15, 0.2) is 22.3 Å². The van der Waals surface area contributed by atoms with Crippen LogP contribution in [-0.4, -0.2) is 15.6 Å². The smallest absolute Gasteiger partial charge is 0.259 e. The van der Waals surface area contributed by atoms with Crippen LogP contribution in [0, 0.1) is 6.92 Å². The van der Waals surface area contributed by atoms with Gasteiger partial charge in [0.25, 0.3) is 5.56 Å². The van der Waals surface area contributed by atoms with Gasteiger partial charge in [0.1, 0.15) is 0 Å². The number of nitrogens with zero attached hydrogens (tertiary/aromatic N) is 2. The van der Waals surface area contributed by atoms with Crippen LogP contribution in [0.4, 0.5) is 5.13 Å². The second-order valence-electron chi connectivity index (χ2n) is 4.59. The minimum Gasteiger partial charge on any atom is -0.359 e. The van der Waals surface area contributed by atoms with E-state index in [9.17, 15) is 4.79 Å². The molecule has 0 aliphatic rings. The second kappa shape index (κ2) is 4.94. The van der Waals surface area contributed by atoms with E-state index in [2.05, 4.69) is 24.1 Å². The molecule has 0 atom stereocenters. The van der Waals surface area contributed by atoms with Gasteiger partial charge in [0, 0.05) is 24.2 Å². The van der Waals surface area contributed by atoms with Gasteiger partial charge in [0.05, 0.1) is 11.3 Å². The standard InChI is InChI=1S/C13H17N3OS/c1-8(2)14-13-15-11(7-18-13)10-6-5-9(3)16(4)12(10)17/h5-8H,1-4H3,(H,14,15). The summed E-state index contributed by atoms with van der Waals surface area (Å²) in [6.07, 6.45) is 0. The van der Waals surface area contributed by atoms with Crippen molar-refractivity contribution in [1.82, 2.24) is 9.55 Å². The molecule has 96 valence electrons. The Hall–Kier alpha value is -1.62. The molecule has 0 aromatic carbocycles. The monoisotopic (exact) mass is 263 g/mol. The van der Waals surface area contributed by atoms with E-state index >= 15 is 0 Å². The number of hydrogen-bond acceptors (Lipinski definition) is 4. The summed E-state index contributed by atoms with van der Waals surface area (Å²) < 4.78 is 1.64. The fourth-order valence-electron chi connectivity index (χ4n) is 1.63. The molecular weight excluding hydrogens is 246 g/mol. The van der Waals surface area contributed by atoms with E-state index in [0.29, 0.717) is 11.6 Å². The summed E-state index contributed by atoms with van der Waals surface area (Å²) in [6, 6.07) is 4.11. The first-order valence-electron chi connectivity index (χ1n) is 5.88. The maximum Gasteiger partial charge on any atom is 0.259 e. The first-order valence-corrected chi connectivity index (χ1v) is 6.76. The number of pyridine rings is 1. The molecule has 2 aromatic rings. The summed E-state index contributed by atoms with van der Waals surface area (Å²) in [5, 5.41) is 6.00. The largest absolute Gasteiger partial charge is 0.359 e. The van der Waals surface area contributed by atoms with E-state index in [-0.39, 0.29) is 5.56 Å². The van der Waals surface area contributed by atoms with Crippen molar-refractivity contribution in [1.29, 1.82) is 0 Å². The summed E-state index contributed by atoms with van der Waals surface area (Å²) >= 11 is 1.52. The van der Waals surface area contributed by atoms with Gasteiger partial charge in [-0.05, 0) is 32.9 Å². The average molecular weight is 263 g/mol. The van der Waals surface area contributed by atoms with E-state index in [1.807, 2.05) is 24.4 Å². The molecule has 0 saturated carbocycles. The van der Waals surface area contributed by atoms with Crippen molar-refractivity contribution >= 4 is 16.5 Å². The van der Waals surface area contributed by atoms with Crippen LogP contribution in [0.5, 0.6) is 0 Å². The molecule has 18 heavy (non-hydrogen) atoms. The molecule has 5 heteroatoms. The van der Waals surface area contributed by atoms with E-state index < -0.39 is 0 Å². The molecule has 0 spiro atoms. The Bertz CT molecular complexity index is 613. The number of rotatable bonds is 3. The average Bonchev–Trinajstić information content (AvgIpc) is 2.73. The van der Waals surface area contributed by atoms with Crippen molar-refractivity contribution in [2.45, 2.75) is 26.8 Å². The van der Waals surface area contributed by atoms with E-state index in [1.54, 1.807) is 11.6 Å². The number of thiazole rings is 1. The van der Waals surface area contributed by atoms with Crippen molar-refractivity contribution in [3.63, 3.8) is 0 Å². The van der Waals surface area contributed by atoms with E-state index in [0.717, 1.165) is 16.5 Å². The normalized spacial score (nSPS) is 10.9. The van der Waals surface area contributed by atoms with E-state index in [1.165, 1.54) is 11.3 Å². The molecule has 0 aliphatic heterocycles. The number of nitrogens with one attached hydrogen (secondary N) is 1. The maximum absolute atomic E-state index is 12.1. The lowest BCUT2D eigenvalue weighted by molar-refractivity contribution is 0.820. The number of aromatic nitrogens is 2. The maximum atomic E-state index is 12.1. The Morgan fingerprint density at radius 3 is 2.78 bits per heavy atom. The summed E-state index contributed by atoms with van der Waals surface area (Å²) in [6.45, 7) is 6.04. The molecule has 2 rings (SSSR count). The Morgan fingerprint density at radius 2 is 2.11 bits per heavy atom. The van der Waals surface area contributed by atoms with E-state index in [4.69, 9.17) is 0 Å². The van der Waals surface area contributed by atoms with Crippen LogP contribution in [0.25, 0.3) is 11.3 Å². The minimum atomic E-state index is -0.00334. The molecule has 0 radical (unpaired) electrons. The Morgan fingerprint density at radius 1 is 1.39 bits per heavy atom. The molecule has 4 nitrogen and oxygen atoms in total. The summed E-state index contributed by atoms with van der Waals surface area (Å²) in [4.78, 5) is 16.6. The molecule has 0 bridgehead atoms. The number of aryl methyl sites for hydroxylation is 1. The van der Waals surface area contributed by atoms with Crippen LogP contribution in [0.3, 0.4) is 0 Å². The first kappa shape index (κ1) is 12.8. The molecule has 0 unspecified atom stereocenters. The van der Waals surface area contributed by atoms with Gasteiger partial charge in [0.15, 0.2) is 5.13 Å². The van der Waals surface area contributed by atoms with Gasteiger partial charge in [-0.15, -0.1) is 11.3 Å². The highest BCUT2D eigenvalue weighted by Gasteiger charge is 2.10. The van der Waals surface area contributed by atoms with Crippen molar-refractivity contribution in [3.8, 4) is 11.3 Å². The van der Waals surface area contributed by atoms with Crippen molar-refractivity contribution in [2.24, 2.45) is 7.05 Å². The second-order valence-corrected chi connectivity index (χ2v) is 5.45. The molecule has 0 fully saturated rings. The van der Waals surface area contributed by atoms with Gasteiger partial charge < -0.3 is 9.88 Å². The lowest BCUT2D eigenvalue weighted by Crippen LogP contribution is -2.20. The molecule has 2 aromatic heterocycles. The fourth-order valence-corrected chi connectivity index (χ4v) is 2.49. The highest BCUT2D eigenvalue weighted by atomic mass is 32.1. The highest BCUT2D eigenvalue weighted by molar-refractivity contribution is 7.14. The predicted molar refractivity (Wildman–Crippen MR) is 76.3 cm³/mol. The lowest BCUT2D eigenvalue weighted by Gasteiger charge is -2.06. The third kappa shape index (κ3) is 2.46. The zero-order chi connectivity index (χ0) is 13.3. The van der Waals surface area contributed by atoms with Crippen LogP contribution in [0.2, 0.25) is 0 Å². The zero-order valence-corrected chi connectivity index (χ0v) is 11.8. The van der Waals surface area contributed by atoms with Crippen LogP contribution in [-0.2, 0) is 7.05 Å². The van der Waals surface area contributed by atoms with Gasteiger partial charge >= 0.3 is 0 Å². The lowest BCUT2D eigenvalue weighted by atomic mass is 10.2. The zero-order valence-electron chi connectivity index (χ0n) is 11.0. The molecule has 0 aliphatic carbocycles. The van der Waals surface area contributed by atoms with Crippen LogP contribution >= 0.6 is 11.3 Å². The third-order valence-electron chi connectivity index (χ3n) is 2.75. The third-order valence-corrected chi connectivity index (χ3v) is 3.52. The van der Waals surface area contributed by atoms with Crippen molar-refractivity contribution in [3.05, 3.63) is 33.6 Å². The van der Waals surface area contributed by atoms with Gasteiger partial charge in [-0.25, -0.2) is 4.98 Å². The van der Waals surface area contributed by atoms with Gasteiger partial charge in [-0.2, -0.15) is 0 Å². The summed E-state index contributed by atoms with van der Waals surface area (Å²) in [5.41, 5.74) is 2.33. The van der Waals surface area contributed by atoms with Gasteiger partial charge in [0.2, 0.25) is 0 Å². The molecule has 0 saturated heterocycles. The summed E-state index contributed by atoms with van der Waals surface area (Å²) in [7, 11) is 1.78. The minimum absolute atomic E-state index is 0.00334. The predicted octanol–water partition coefficient (Wildman–Crippen LogP) is 2.64. The Labute approximate surface area is 110 Å². The fraction of sp³-hybridized carbons (Fsp3) is 0.385.